The molecule has 4 aromatic rings. The van der Waals surface area contributed by atoms with Crippen LogP contribution in [-0.4, -0.2) is 26.6 Å². The zero-order valence-corrected chi connectivity index (χ0v) is 19.6. The molecule has 0 saturated carbocycles. The number of oxazole rings is 1. The molecule has 0 aliphatic carbocycles. The van der Waals surface area contributed by atoms with Crippen molar-refractivity contribution in [2.45, 2.75) is 29.8 Å². The van der Waals surface area contributed by atoms with Crippen LogP contribution in [0.2, 0.25) is 0 Å². The lowest BCUT2D eigenvalue weighted by Gasteiger charge is -2.19. The van der Waals surface area contributed by atoms with E-state index in [1.165, 1.54) is 12.1 Å². The Morgan fingerprint density at radius 2 is 1.62 bits per heavy atom. The molecule has 0 saturated heterocycles. The maximum absolute atomic E-state index is 13.7. The van der Waals surface area contributed by atoms with Crippen LogP contribution in [0.15, 0.2) is 87.1 Å². The topological polar surface area (TPSA) is 90.7 Å². The molecule has 0 radical (unpaired) electrons. The van der Waals surface area contributed by atoms with Crippen molar-refractivity contribution < 1.29 is 22.3 Å². The summed E-state index contributed by atoms with van der Waals surface area (Å²) in [5, 5.41) is 3.02. The molecular weight excluding hydrogens is 452 g/mol. The van der Waals surface area contributed by atoms with E-state index in [1.54, 1.807) is 6.07 Å². The molecule has 1 N–H and O–H groups in total. The van der Waals surface area contributed by atoms with Crippen molar-refractivity contribution in [3.05, 3.63) is 83.9 Å². The Kier molecular flexibility index (Phi) is 5.75. The van der Waals surface area contributed by atoms with E-state index >= 15 is 0 Å². The Bertz CT molecular complexity index is 1410. The Morgan fingerprint density at radius 3 is 2.35 bits per heavy atom. The Hall–Kier alpha value is -3.78. The molecule has 5 rings (SSSR count). The van der Waals surface area contributed by atoms with Gasteiger partial charge in [-0.15, -0.1) is 0 Å². The highest BCUT2D eigenvalue weighted by Crippen LogP contribution is 2.38. The van der Waals surface area contributed by atoms with Gasteiger partial charge in [0, 0.05) is 11.6 Å². The van der Waals surface area contributed by atoms with E-state index in [4.69, 9.17) is 13.9 Å². The van der Waals surface area contributed by atoms with Gasteiger partial charge in [0.2, 0.25) is 26.6 Å². The third-order valence-electron chi connectivity index (χ3n) is 5.62. The SMILES string of the molecule is Cc1ccc(-c2nc(S(=O)(=O)c3ccc4c(c3)OCCO4)c(NC(C)c3ccccc3)o2)cc1. The summed E-state index contributed by atoms with van der Waals surface area (Å²) < 4.78 is 44.5. The lowest BCUT2D eigenvalue weighted by molar-refractivity contribution is 0.171. The third kappa shape index (κ3) is 4.24. The number of fused-ring (bicyclic) bond motifs is 1. The maximum atomic E-state index is 13.7. The van der Waals surface area contributed by atoms with Gasteiger partial charge in [0.05, 0.1) is 10.9 Å². The number of anilines is 1. The highest BCUT2D eigenvalue weighted by Gasteiger charge is 2.30. The molecule has 0 spiro atoms. The summed E-state index contributed by atoms with van der Waals surface area (Å²) in [7, 11) is -4.03. The second-order valence-electron chi connectivity index (χ2n) is 8.10. The van der Waals surface area contributed by atoms with Crippen molar-refractivity contribution in [3.63, 3.8) is 0 Å². The number of hydrogen-bond donors (Lipinski definition) is 1. The summed E-state index contributed by atoms with van der Waals surface area (Å²) in [6, 6.07) is 21.6. The largest absolute Gasteiger partial charge is 0.486 e. The van der Waals surface area contributed by atoms with E-state index in [0.717, 1.165) is 11.1 Å². The van der Waals surface area contributed by atoms with Crippen LogP contribution in [0.5, 0.6) is 11.5 Å². The highest BCUT2D eigenvalue weighted by molar-refractivity contribution is 7.91. The van der Waals surface area contributed by atoms with Gasteiger partial charge in [-0.1, -0.05) is 48.0 Å². The number of nitrogens with zero attached hydrogens (tertiary/aromatic N) is 1. The Morgan fingerprint density at radius 1 is 0.912 bits per heavy atom. The summed E-state index contributed by atoms with van der Waals surface area (Å²) in [6.07, 6.45) is 0. The van der Waals surface area contributed by atoms with E-state index in [2.05, 4.69) is 10.3 Å². The maximum Gasteiger partial charge on any atom is 0.234 e. The molecule has 1 aliphatic heterocycles. The van der Waals surface area contributed by atoms with Crippen LogP contribution >= 0.6 is 0 Å². The van der Waals surface area contributed by atoms with Crippen molar-refractivity contribution in [2.24, 2.45) is 0 Å². The molecule has 2 heterocycles. The van der Waals surface area contributed by atoms with Gasteiger partial charge in [0.25, 0.3) is 0 Å². The minimum absolute atomic E-state index is 0.0518. The van der Waals surface area contributed by atoms with Crippen LogP contribution in [0.4, 0.5) is 5.88 Å². The number of aryl methyl sites for hydroxylation is 1. The van der Waals surface area contributed by atoms with Gasteiger partial charge in [0.15, 0.2) is 11.5 Å². The molecule has 1 unspecified atom stereocenters. The van der Waals surface area contributed by atoms with Crippen molar-refractivity contribution in [3.8, 4) is 23.0 Å². The van der Waals surface area contributed by atoms with Gasteiger partial charge in [0.1, 0.15) is 13.2 Å². The van der Waals surface area contributed by atoms with E-state index < -0.39 is 9.84 Å². The number of ether oxygens (including phenoxy) is 2. The lowest BCUT2D eigenvalue weighted by atomic mass is 10.1. The van der Waals surface area contributed by atoms with Gasteiger partial charge in [-0.2, -0.15) is 4.98 Å². The van der Waals surface area contributed by atoms with Gasteiger partial charge in [-0.05, 0) is 43.7 Å². The number of aromatic nitrogens is 1. The third-order valence-corrected chi connectivity index (χ3v) is 7.28. The van der Waals surface area contributed by atoms with E-state index in [-0.39, 0.29) is 27.7 Å². The minimum atomic E-state index is -4.03. The molecule has 0 fully saturated rings. The zero-order chi connectivity index (χ0) is 23.7. The normalized spacial score (nSPS) is 13.9. The first-order valence-electron chi connectivity index (χ1n) is 11.0. The number of rotatable bonds is 6. The number of sulfone groups is 1. The second-order valence-corrected chi connectivity index (χ2v) is 9.97. The molecule has 0 bridgehead atoms. The molecule has 1 aromatic heterocycles. The van der Waals surface area contributed by atoms with Crippen LogP contribution in [0.25, 0.3) is 11.5 Å². The van der Waals surface area contributed by atoms with Gasteiger partial charge >= 0.3 is 0 Å². The summed E-state index contributed by atoms with van der Waals surface area (Å²) in [5.74, 6) is 1.21. The summed E-state index contributed by atoms with van der Waals surface area (Å²) in [6.45, 7) is 4.70. The van der Waals surface area contributed by atoms with Crippen LogP contribution < -0.4 is 14.8 Å². The van der Waals surface area contributed by atoms with Crippen LogP contribution in [-0.2, 0) is 9.84 Å². The van der Waals surface area contributed by atoms with Gasteiger partial charge in [-0.3, -0.25) is 0 Å². The molecule has 174 valence electrons. The van der Waals surface area contributed by atoms with Gasteiger partial charge in [-0.25, -0.2) is 8.42 Å². The average Bonchev–Trinajstić information content (AvgIpc) is 3.29. The molecule has 3 aromatic carbocycles. The van der Waals surface area contributed by atoms with Crippen molar-refractivity contribution in [1.29, 1.82) is 0 Å². The number of benzene rings is 3. The zero-order valence-electron chi connectivity index (χ0n) is 18.8. The second kappa shape index (κ2) is 8.87. The summed E-state index contributed by atoms with van der Waals surface area (Å²) in [5.41, 5.74) is 2.75. The molecule has 7 nitrogen and oxygen atoms in total. The van der Waals surface area contributed by atoms with Crippen LogP contribution in [0.1, 0.15) is 24.1 Å². The van der Waals surface area contributed by atoms with Crippen LogP contribution in [0.3, 0.4) is 0 Å². The predicted molar refractivity (Wildman–Crippen MR) is 128 cm³/mol. The fraction of sp³-hybridized carbons (Fsp3) is 0.192. The Balaban J connectivity index is 1.58. The summed E-state index contributed by atoms with van der Waals surface area (Å²) in [4.78, 5) is 4.48. The summed E-state index contributed by atoms with van der Waals surface area (Å²) >= 11 is 0. The molecule has 0 amide bonds. The van der Waals surface area contributed by atoms with Crippen molar-refractivity contribution in [2.75, 3.05) is 18.5 Å². The first kappa shape index (κ1) is 22.0. The molecule has 1 aliphatic rings. The fourth-order valence-electron chi connectivity index (χ4n) is 3.72. The Labute approximate surface area is 198 Å². The van der Waals surface area contributed by atoms with E-state index in [0.29, 0.717) is 30.3 Å². The van der Waals surface area contributed by atoms with Crippen molar-refractivity contribution >= 4 is 15.7 Å². The molecule has 34 heavy (non-hydrogen) atoms. The molecule has 8 heteroatoms. The minimum Gasteiger partial charge on any atom is -0.486 e. The quantitative estimate of drug-likeness (QED) is 0.397. The average molecular weight is 477 g/mol. The monoisotopic (exact) mass is 476 g/mol. The number of nitrogens with one attached hydrogen (secondary N) is 1. The lowest BCUT2D eigenvalue weighted by Crippen LogP contribution is -2.16. The highest BCUT2D eigenvalue weighted by atomic mass is 32.2. The standard InChI is InChI=1S/C26H24N2O5S/c1-17-8-10-20(11-9-17)24-28-26(25(33-24)27-18(2)19-6-4-3-5-7-19)34(29,30)21-12-13-22-23(16-21)32-15-14-31-22/h3-13,16,18,27H,14-15H2,1-2H3. The van der Waals surface area contributed by atoms with Gasteiger partial charge < -0.3 is 19.2 Å². The number of hydrogen-bond acceptors (Lipinski definition) is 7. The van der Waals surface area contributed by atoms with Crippen LogP contribution in [0, 0.1) is 6.92 Å². The smallest absolute Gasteiger partial charge is 0.234 e. The fourth-order valence-corrected chi connectivity index (χ4v) is 5.00. The van der Waals surface area contributed by atoms with E-state index in [1.807, 2.05) is 68.4 Å². The first-order valence-corrected chi connectivity index (χ1v) is 12.4. The predicted octanol–water partition coefficient (Wildman–Crippen LogP) is 5.43. The van der Waals surface area contributed by atoms with Crippen molar-refractivity contribution in [1.82, 2.24) is 4.98 Å². The molecular formula is C26H24N2O5S. The first-order chi connectivity index (χ1) is 16.4. The molecule has 1 atom stereocenters. The van der Waals surface area contributed by atoms with E-state index in [9.17, 15) is 8.42 Å².